The van der Waals surface area contributed by atoms with E-state index in [1.807, 2.05) is 0 Å². The van der Waals surface area contributed by atoms with Crippen LogP contribution in [0.1, 0.15) is 25.3 Å². The van der Waals surface area contributed by atoms with E-state index in [2.05, 4.69) is 37.3 Å². The van der Waals surface area contributed by atoms with Crippen molar-refractivity contribution in [2.75, 3.05) is 11.5 Å². The summed E-state index contributed by atoms with van der Waals surface area (Å²) in [5.41, 5.74) is 1.48. The molecule has 0 saturated heterocycles. The Bertz CT molecular complexity index is 206. The molecule has 0 fully saturated rings. The number of unbranched alkanes of at least 4 members (excludes halogenated alkanes) is 1. The van der Waals surface area contributed by atoms with Crippen molar-refractivity contribution in [3.05, 3.63) is 35.9 Å². The molecule has 0 aromatic heterocycles. The normalized spacial score (nSPS) is 10.2. The highest BCUT2D eigenvalue weighted by Gasteiger charge is 1.97. The van der Waals surface area contributed by atoms with Gasteiger partial charge in [-0.1, -0.05) is 43.7 Å². The Morgan fingerprint density at radius 1 is 1.08 bits per heavy atom. The zero-order chi connectivity index (χ0) is 9.36. The molecule has 72 valence electrons. The molecule has 1 rings (SSSR count). The maximum absolute atomic E-state index is 2.26. The summed E-state index contributed by atoms with van der Waals surface area (Å²) in [6, 6.07) is 10.8. The minimum atomic E-state index is 1.24. The van der Waals surface area contributed by atoms with Crippen molar-refractivity contribution in [1.82, 2.24) is 0 Å². The first-order valence-electron chi connectivity index (χ1n) is 5.10. The van der Waals surface area contributed by atoms with Gasteiger partial charge in [0.2, 0.25) is 0 Å². The van der Waals surface area contributed by atoms with Crippen LogP contribution in [0.4, 0.5) is 0 Å². The molecule has 0 nitrogen and oxygen atoms in total. The van der Waals surface area contributed by atoms with Crippen LogP contribution in [0.2, 0.25) is 0 Å². The van der Waals surface area contributed by atoms with Gasteiger partial charge < -0.3 is 0 Å². The van der Waals surface area contributed by atoms with Gasteiger partial charge in [-0.15, -0.1) is 0 Å². The summed E-state index contributed by atoms with van der Waals surface area (Å²) < 4.78 is 0. The lowest BCUT2D eigenvalue weighted by molar-refractivity contribution is 0.894. The largest absolute Gasteiger partial charge is 0.109 e. The summed E-state index contributed by atoms with van der Waals surface area (Å²) in [6.45, 7) is 2.26. The van der Waals surface area contributed by atoms with Crippen LogP contribution in [0.25, 0.3) is 0 Å². The average molecular weight is 195 g/mol. The Morgan fingerprint density at radius 2 is 1.85 bits per heavy atom. The summed E-state index contributed by atoms with van der Waals surface area (Å²) in [5.74, 6) is 2.70. The zero-order valence-corrected chi connectivity index (χ0v) is 9.26. The molecule has 0 aliphatic rings. The van der Waals surface area contributed by atoms with Crippen molar-refractivity contribution in [3.8, 4) is 0 Å². The molecule has 0 bridgehead atoms. The summed E-state index contributed by atoms with van der Waals surface area (Å²) in [7, 11) is 0. The lowest BCUT2D eigenvalue weighted by atomic mass is 10.2. The highest BCUT2D eigenvalue weighted by Crippen LogP contribution is 2.00. The van der Waals surface area contributed by atoms with E-state index in [0.717, 1.165) is 0 Å². The molecular weight excluding hydrogens is 176 g/mol. The number of rotatable bonds is 6. The van der Waals surface area contributed by atoms with E-state index in [-0.39, 0.29) is 0 Å². The van der Waals surface area contributed by atoms with Crippen molar-refractivity contribution < 1.29 is 0 Å². The van der Waals surface area contributed by atoms with E-state index in [1.54, 1.807) is 11.8 Å². The quantitative estimate of drug-likeness (QED) is 0.372. The average Bonchev–Trinajstić information content (AvgIpc) is 2.19. The molecule has 0 heterocycles. The number of thiol groups is 1. The lowest BCUT2D eigenvalue weighted by Gasteiger charge is -1.95. The van der Waals surface area contributed by atoms with E-state index in [1.165, 1.54) is 36.3 Å². The first kappa shape index (κ1) is 10.6. The minimum Gasteiger partial charge on any atom is -0.0652 e. The Kier molecular flexibility index (Phi) is 5.75. The zero-order valence-electron chi connectivity index (χ0n) is 8.37. The van der Waals surface area contributed by atoms with Gasteiger partial charge in [-0.2, -0.15) is 0 Å². The van der Waals surface area contributed by atoms with Crippen molar-refractivity contribution in [1.29, 1.82) is 0 Å². The fourth-order valence-electron chi connectivity index (χ4n) is 1.23. The third-order valence-corrected chi connectivity index (χ3v) is 3.24. The molecule has 1 aromatic carbocycles. The Morgan fingerprint density at radius 3 is 2.54 bits per heavy atom. The fraction of sp³-hybridized carbons (Fsp3) is 0.500. The third kappa shape index (κ3) is 4.99. The number of benzene rings is 1. The predicted octanol–water partition coefficient (Wildman–Crippen LogP) is 2.84. The van der Waals surface area contributed by atoms with E-state index in [4.69, 9.17) is 0 Å². The van der Waals surface area contributed by atoms with Gasteiger partial charge >= 0.3 is 0 Å². The third-order valence-electron chi connectivity index (χ3n) is 2.07. The molecule has 0 saturated carbocycles. The van der Waals surface area contributed by atoms with Gasteiger partial charge in [0, 0.05) is 6.42 Å². The van der Waals surface area contributed by atoms with Crippen LogP contribution in [0.3, 0.4) is 0 Å². The Hall–Kier alpha value is -0.430. The van der Waals surface area contributed by atoms with Crippen LogP contribution in [0.5, 0.6) is 0 Å². The van der Waals surface area contributed by atoms with Gasteiger partial charge in [-0.3, -0.25) is 0 Å². The van der Waals surface area contributed by atoms with Crippen LogP contribution < -0.4 is 0 Å². The SMILES string of the molecule is CCCC[SH+]CCc1ccccc1. The van der Waals surface area contributed by atoms with Gasteiger partial charge in [0.25, 0.3) is 0 Å². The molecule has 0 aliphatic carbocycles. The van der Waals surface area contributed by atoms with Crippen molar-refractivity contribution in [3.63, 3.8) is 0 Å². The molecule has 1 aromatic rings. The summed E-state index contributed by atoms with van der Waals surface area (Å²) in [6.07, 6.45) is 3.96. The van der Waals surface area contributed by atoms with E-state index in [9.17, 15) is 0 Å². The van der Waals surface area contributed by atoms with Crippen LogP contribution in [0.15, 0.2) is 30.3 Å². The van der Waals surface area contributed by atoms with Crippen LogP contribution >= 0.6 is 0 Å². The first-order valence-corrected chi connectivity index (χ1v) is 6.37. The summed E-state index contributed by atoms with van der Waals surface area (Å²) in [5, 5.41) is 0. The molecule has 0 spiro atoms. The topological polar surface area (TPSA) is 0 Å². The molecule has 1 heteroatoms. The molecule has 0 aliphatic heterocycles. The first-order chi connectivity index (χ1) is 6.43. The van der Waals surface area contributed by atoms with E-state index < -0.39 is 0 Å². The molecule has 0 atom stereocenters. The molecule has 0 radical (unpaired) electrons. The second kappa shape index (κ2) is 7.02. The summed E-state index contributed by atoms with van der Waals surface area (Å²) >= 11 is 1.62. The fourth-order valence-corrected chi connectivity index (χ4v) is 2.41. The predicted molar refractivity (Wildman–Crippen MR) is 63.5 cm³/mol. The van der Waals surface area contributed by atoms with E-state index >= 15 is 0 Å². The molecule has 0 unspecified atom stereocenters. The number of hydrogen-bond donors (Lipinski definition) is 0. The van der Waals surface area contributed by atoms with Gasteiger partial charge in [0.15, 0.2) is 0 Å². The smallest absolute Gasteiger partial charge is 0.0652 e. The second-order valence-corrected chi connectivity index (χ2v) is 4.60. The number of aryl methyl sites for hydroxylation is 1. The highest BCUT2D eigenvalue weighted by molar-refractivity contribution is 7.78. The molecular formula is C12H19S+. The van der Waals surface area contributed by atoms with Crippen molar-refractivity contribution >= 4 is 11.8 Å². The van der Waals surface area contributed by atoms with Gasteiger partial charge in [0.1, 0.15) is 11.5 Å². The van der Waals surface area contributed by atoms with E-state index in [0.29, 0.717) is 0 Å². The van der Waals surface area contributed by atoms with Crippen LogP contribution in [-0.4, -0.2) is 11.5 Å². The van der Waals surface area contributed by atoms with Gasteiger partial charge in [0.05, 0.1) is 0 Å². The molecule has 13 heavy (non-hydrogen) atoms. The van der Waals surface area contributed by atoms with Crippen molar-refractivity contribution in [2.24, 2.45) is 0 Å². The Balaban J connectivity index is 2.07. The maximum atomic E-state index is 2.26. The lowest BCUT2D eigenvalue weighted by Crippen LogP contribution is -1.98. The van der Waals surface area contributed by atoms with Crippen LogP contribution in [-0.2, 0) is 18.2 Å². The van der Waals surface area contributed by atoms with Gasteiger partial charge in [-0.05, 0) is 23.7 Å². The molecule has 0 amide bonds. The standard InChI is InChI=1S/C12H18S/c1-2-3-10-13-11-9-12-7-5-4-6-8-12/h4-8H,2-3,9-11H2,1H3/p+1. The van der Waals surface area contributed by atoms with Gasteiger partial charge in [-0.25, -0.2) is 0 Å². The van der Waals surface area contributed by atoms with Crippen LogP contribution in [0, 0.1) is 0 Å². The summed E-state index contributed by atoms with van der Waals surface area (Å²) in [4.78, 5) is 0. The van der Waals surface area contributed by atoms with Crippen molar-refractivity contribution in [2.45, 2.75) is 26.2 Å². The highest BCUT2D eigenvalue weighted by atomic mass is 32.2. The number of hydrogen-bond acceptors (Lipinski definition) is 0. The Labute approximate surface area is 85.7 Å². The second-order valence-electron chi connectivity index (χ2n) is 3.26. The minimum absolute atomic E-state index is 1.24. The molecule has 0 N–H and O–H groups in total. The maximum Gasteiger partial charge on any atom is 0.109 e. The monoisotopic (exact) mass is 195 g/mol.